The Kier molecular flexibility index (Phi) is 19.6. The third kappa shape index (κ3) is 13.8. The van der Waals surface area contributed by atoms with E-state index in [0.717, 1.165) is 67.4 Å². The molecule has 3 aliphatic carbocycles. The number of aromatic nitrogens is 1. The van der Waals surface area contributed by atoms with Gasteiger partial charge in [0, 0.05) is 109 Å². The van der Waals surface area contributed by atoms with Crippen molar-refractivity contribution in [2.75, 3.05) is 21.3 Å². The first-order valence-electron chi connectivity index (χ1n) is 44.3. The second kappa shape index (κ2) is 32.7. The lowest BCUT2D eigenvalue weighted by Gasteiger charge is -2.30. The summed E-state index contributed by atoms with van der Waals surface area (Å²) in [6.07, 6.45) is 0. The van der Waals surface area contributed by atoms with Gasteiger partial charge >= 0.3 is 0 Å². The van der Waals surface area contributed by atoms with Gasteiger partial charge in [-0.25, -0.2) is 0 Å². The number of nitrogens with one attached hydrogen (secondary N) is 4. The van der Waals surface area contributed by atoms with Gasteiger partial charge in [0.2, 0.25) is 0 Å². The predicted octanol–water partition coefficient (Wildman–Crippen LogP) is 33.9. The van der Waals surface area contributed by atoms with E-state index in [-0.39, 0.29) is 10.8 Å². The van der Waals surface area contributed by atoms with Gasteiger partial charge in [-0.3, -0.25) is 0 Å². The van der Waals surface area contributed by atoms with Gasteiger partial charge in [-0.15, -0.1) is 11.3 Å². The van der Waals surface area contributed by atoms with Crippen LogP contribution in [0.15, 0.2) is 472 Å². The lowest BCUT2D eigenvalue weighted by atomic mass is 9.70. The number of para-hydroxylation sites is 5. The molecule has 3 aliphatic rings. The van der Waals surface area contributed by atoms with Crippen LogP contribution in [0.5, 0.6) is 0 Å². The van der Waals surface area contributed by atoms with Crippen LogP contribution in [0.2, 0.25) is 0 Å². The Hall–Kier alpha value is -16.3. The maximum atomic E-state index is 6.19. The zero-order chi connectivity index (χ0) is 85.9. The highest BCUT2D eigenvalue weighted by Gasteiger charge is 2.52. The van der Waals surface area contributed by atoms with E-state index in [4.69, 9.17) is 4.42 Å². The molecule has 612 valence electrons. The molecule has 23 aromatic rings. The average Bonchev–Trinajstić information content (AvgIpc) is 1.50. The number of hydrogen-bond acceptors (Lipinski definition) is 6. The molecule has 0 unspecified atom stereocenters. The molecule has 3 aromatic heterocycles. The first-order valence-corrected chi connectivity index (χ1v) is 45.1. The molecule has 0 radical (unpaired) electrons. The van der Waals surface area contributed by atoms with Crippen molar-refractivity contribution in [1.82, 2.24) is 4.57 Å². The molecule has 0 fully saturated rings. The Morgan fingerprint density at radius 3 is 1.41 bits per heavy atom. The van der Waals surface area contributed by atoms with Gasteiger partial charge in [-0.1, -0.05) is 341 Å². The highest BCUT2D eigenvalue weighted by atomic mass is 32.1. The first-order chi connectivity index (χ1) is 63.7. The fourth-order valence-electron chi connectivity index (χ4n) is 20.3. The summed E-state index contributed by atoms with van der Waals surface area (Å²) in [5.41, 5.74) is 37.6. The summed E-state index contributed by atoms with van der Waals surface area (Å²) >= 11 is 1.88. The second-order valence-electron chi connectivity index (χ2n) is 34.0. The molecule has 3 heterocycles. The summed E-state index contributed by atoms with van der Waals surface area (Å²) in [7, 11) is 0. The number of fused-ring (bicyclic) bond motifs is 23. The first kappa shape index (κ1) is 77.5. The highest BCUT2D eigenvalue weighted by Crippen LogP contribution is 2.64. The van der Waals surface area contributed by atoms with Gasteiger partial charge in [-0.05, 0) is 239 Å². The smallest absolute Gasteiger partial charge is 0.136 e. The van der Waals surface area contributed by atoms with Crippen LogP contribution in [0.25, 0.3) is 147 Å². The maximum Gasteiger partial charge on any atom is 0.136 e. The van der Waals surface area contributed by atoms with Crippen LogP contribution in [0.1, 0.15) is 47.2 Å². The third-order valence-corrected chi connectivity index (χ3v) is 27.3. The van der Waals surface area contributed by atoms with Gasteiger partial charge in [-0.2, -0.15) is 0 Å². The van der Waals surface area contributed by atoms with E-state index in [2.05, 4.69) is 483 Å². The Morgan fingerprint density at radius 2 is 0.705 bits per heavy atom. The van der Waals surface area contributed by atoms with E-state index < -0.39 is 0 Å². The Balaban J connectivity index is 0.0000000991. The maximum absolute atomic E-state index is 6.19. The summed E-state index contributed by atoms with van der Waals surface area (Å²) in [5, 5.41) is 24.3. The quantitative estimate of drug-likeness (QED) is 0.0982. The van der Waals surface area contributed by atoms with Gasteiger partial charge in [0.15, 0.2) is 0 Å². The summed E-state index contributed by atoms with van der Waals surface area (Å²) in [6, 6.07) is 166. The average molecular weight is 1670 g/mol. The molecule has 0 saturated carbocycles. The zero-order valence-corrected chi connectivity index (χ0v) is 72.0. The van der Waals surface area contributed by atoms with Crippen LogP contribution in [-0.4, -0.2) is 4.57 Å². The van der Waals surface area contributed by atoms with Crippen LogP contribution in [0.4, 0.5) is 45.5 Å². The predicted molar refractivity (Wildman–Crippen MR) is 547 cm³/mol. The molecule has 0 atom stereocenters. The minimum atomic E-state index is -0.284. The summed E-state index contributed by atoms with van der Waals surface area (Å²) in [4.78, 5) is 0. The molecule has 6 nitrogen and oxygen atoms in total. The summed E-state index contributed by atoms with van der Waals surface area (Å²) in [6.45, 7) is 4.63. The van der Waals surface area contributed by atoms with Crippen molar-refractivity contribution in [3.05, 3.63) is 500 Å². The zero-order valence-electron chi connectivity index (χ0n) is 71.2. The van der Waals surface area contributed by atoms with Crippen LogP contribution < -0.4 is 21.3 Å². The number of furan rings is 1. The molecule has 0 bridgehead atoms. The lowest BCUT2D eigenvalue weighted by Crippen LogP contribution is -2.25. The number of rotatable bonds is 12. The largest absolute Gasteiger partial charge is 0.456 e. The van der Waals surface area contributed by atoms with Crippen molar-refractivity contribution in [2.24, 2.45) is 0 Å². The van der Waals surface area contributed by atoms with E-state index in [1.54, 1.807) is 0 Å². The van der Waals surface area contributed by atoms with Gasteiger partial charge in [0.25, 0.3) is 0 Å². The molecule has 7 heteroatoms. The topological polar surface area (TPSA) is 66.2 Å². The fourth-order valence-corrected chi connectivity index (χ4v) is 21.5. The minimum Gasteiger partial charge on any atom is -0.456 e. The Morgan fingerprint density at radius 1 is 0.248 bits per heavy atom. The van der Waals surface area contributed by atoms with Crippen LogP contribution in [0.3, 0.4) is 0 Å². The normalized spacial score (nSPS) is 12.5. The van der Waals surface area contributed by atoms with Crippen LogP contribution >= 0.6 is 11.3 Å². The number of anilines is 8. The SMILES string of the molecule is CC1(C)c2ccccc2-c2cc(Nc3ccc(-c4ccc5oc6cc7ccccc7cc6c5c4)cc3)ccc21.c1ccc(Nc2cccc(-c3ccccc3-c3cccc4c3sc3ccccc34)c2)cc1.c1ccc(Nc2cccc3c2-c2ccccc2C32c3ccccc3-c3ccccc32)cc1.c1ccc(Nc2cccc3c2c2ccccc2n3-c2ccccc2)cc1. The van der Waals surface area contributed by atoms with E-state index in [0.29, 0.717) is 0 Å². The monoisotopic (exact) mass is 1670 g/mol. The van der Waals surface area contributed by atoms with Gasteiger partial charge in [0.1, 0.15) is 11.2 Å². The summed E-state index contributed by atoms with van der Waals surface area (Å²) < 4.78 is 11.2. The molecular formula is C122H87N5OS. The Bertz CT molecular complexity index is 8170. The molecule has 0 saturated heterocycles. The summed E-state index contributed by atoms with van der Waals surface area (Å²) in [5.74, 6) is 0. The van der Waals surface area contributed by atoms with E-state index >= 15 is 0 Å². The molecule has 26 rings (SSSR count). The molecule has 1 spiro atoms. The van der Waals surface area contributed by atoms with E-state index in [9.17, 15) is 0 Å². The van der Waals surface area contributed by atoms with Crippen molar-refractivity contribution < 1.29 is 4.42 Å². The van der Waals surface area contributed by atoms with Crippen molar-refractivity contribution in [2.45, 2.75) is 24.7 Å². The van der Waals surface area contributed by atoms with E-state index in [1.807, 2.05) is 35.6 Å². The van der Waals surface area contributed by atoms with Crippen molar-refractivity contribution in [1.29, 1.82) is 0 Å². The van der Waals surface area contributed by atoms with Crippen LogP contribution in [0, 0.1) is 0 Å². The van der Waals surface area contributed by atoms with Gasteiger partial charge in [0.05, 0.1) is 16.4 Å². The minimum absolute atomic E-state index is 0.0284. The molecule has 0 amide bonds. The molecule has 4 N–H and O–H groups in total. The third-order valence-electron chi connectivity index (χ3n) is 26.1. The highest BCUT2D eigenvalue weighted by molar-refractivity contribution is 7.26. The number of nitrogens with zero attached hydrogens (tertiary/aromatic N) is 1. The second-order valence-corrected chi connectivity index (χ2v) is 35.1. The van der Waals surface area contributed by atoms with Crippen molar-refractivity contribution in [3.63, 3.8) is 0 Å². The number of thiophene rings is 1. The van der Waals surface area contributed by atoms with Crippen molar-refractivity contribution >= 4 is 132 Å². The molecule has 0 aliphatic heterocycles. The van der Waals surface area contributed by atoms with Crippen LogP contribution in [-0.2, 0) is 10.8 Å². The van der Waals surface area contributed by atoms with E-state index in [1.165, 1.54) is 159 Å². The van der Waals surface area contributed by atoms with Gasteiger partial charge < -0.3 is 30.3 Å². The fraction of sp³-hybridized carbons (Fsp3) is 0.0328. The lowest BCUT2D eigenvalue weighted by molar-refractivity contribution is 0.660. The van der Waals surface area contributed by atoms with Crippen molar-refractivity contribution in [3.8, 4) is 72.4 Å². The molecular weight excluding hydrogens is 1580 g/mol. The Labute approximate surface area is 754 Å². The molecule has 20 aromatic carbocycles. The molecule has 129 heavy (non-hydrogen) atoms. The number of hydrogen-bond donors (Lipinski definition) is 4. The standard InChI is InChI=1S/C37H27NO.C31H21N.C30H21NS.C24H18N2/c1-37(2)33-10-6-5-9-29(33)30-22-28(16-17-34(30)37)38-27-14-11-23(12-15-27)26-13-18-35-31(20-26)32-19-24-7-3-4-8-25(24)21-36(32)39-35;1-2-11-21(12-3-1)32-29-20-10-19-28-30(29)24-15-6-9-18-27(24)31(28)25-16-7-4-13-22(25)23-14-5-8-17-26(23)31;1-2-11-22(12-3-1)31-23-13-8-10-21(20-23)24-14-4-5-15-25(24)27-17-9-18-28-26-16-6-7-19-29(26)32-30(27)28;1-3-10-18(11-4-1)25-21-15-9-17-23-24(21)20-14-7-8-16-22(20)26(23)19-12-5-2-6-13-19/h3-22,38H,1-2H3;1-20,32H;1-20,31H;1-17,25H. The number of benzene rings is 20.